The largest absolute Gasteiger partial charge is 0.494 e. The summed E-state index contributed by atoms with van der Waals surface area (Å²) in [5.74, 6) is 0.962. The molecule has 2 aromatic rings. The van der Waals surface area contributed by atoms with Gasteiger partial charge >= 0.3 is 6.02 Å². The molecule has 0 atom stereocenters. The molecule has 2 aromatic carbocycles. The van der Waals surface area contributed by atoms with Crippen LogP contribution in [0.5, 0.6) is 5.75 Å². The quantitative estimate of drug-likeness (QED) is 0.206. The lowest BCUT2D eigenvalue weighted by molar-refractivity contribution is -0.123. The number of benzene rings is 2. The van der Waals surface area contributed by atoms with E-state index in [2.05, 4.69) is 40.7 Å². The number of amides is 1. The summed E-state index contributed by atoms with van der Waals surface area (Å²) in [5.41, 5.74) is 6.12. The molecule has 0 bridgehead atoms. The lowest BCUT2D eigenvalue weighted by Gasteiger charge is -2.38. The van der Waals surface area contributed by atoms with E-state index in [0.29, 0.717) is 30.8 Å². The summed E-state index contributed by atoms with van der Waals surface area (Å²) in [4.78, 5) is 22.3. The van der Waals surface area contributed by atoms with E-state index >= 15 is 0 Å². The third kappa shape index (κ3) is 7.26. The van der Waals surface area contributed by atoms with Crippen LogP contribution >= 0.6 is 0 Å². The molecule has 0 saturated carbocycles. The minimum atomic E-state index is -0.193. The summed E-state index contributed by atoms with van der Waals surface area (Å²) >= 11 is 0. The Bertz CT molecular complexity index is 1490. The smallest absolute Gasteiger partial charge is 0.305 e. The van der Waals surface area contributed by atoms with Crippen molar-refractivity contribution >= 4 is 17.6 Å². The molecule has 7 heteroatoms. The number of fused-ring (bicyclic) bond motifs is 1. The van der Waals surface area contributed by atoms with E-state index in [-0.39, 0.29) is 17.7 Å². The van der Waals surface area contributed by atoms with Gasteiger partial charge in [0.25, 0.3) is 5.91 Å². The van der Waals surface area contributed by atoms with Crippen molar-refractivity contribution in [3.8, 4) is 11.8 Å². The maximum atomic E-state index is 13.6. The molecular formula is C36H40N4O3. The molecular weight excluding hydrogens is 536 g/mol. The van der Waals surface area contributed by atoms with Crippen molar-refractivity contribution in [2.24, 2.45) is 4.99 Å². The van der Waals surface area contributed by atoms with Gasteiger partial charge in [-0.2, -0.15) is 10.3 Å². The number of nitriles is 1. The number of nitrogens with zero attached hydrogens (tertiary/aromatic N) is 4. The van der Waals surface area contributed by atoms with Crippen LogP contribution in [-0.4, -0.2) is 48.0 Å². The third-order valence-corrected chi connectivity index (χ3v) is 8.05. The molecule has 0 radical (unpaired) electrons. The Morgan fingerprint density at radius 2 is 1.86 bits per heavy atom. The lowest BCUT2D eigenvalue weighted by Crippen LogP contribution is -2.33. The summed E-state index contributed by atoms with van der Waals surface area (Å²) < 4.78 is 11.6. The van der Waals surface area contributed by atoms with E-state index < -0.39 is 0 Å². The number of ether oxygens (including phenoxy) is 2. The minimum Gasteiger partial charge on any atom is -0.494 e. The molecule has 0 aliphatic carbocycles. The van der Waals surface area contributed by atoms with Gasteiger partial charge < -0.3 is 14.4 Å². The lowest BCUT2D eigenvalue weighted by atomic mass is 9.90. The average molecular weight is 577 g/mol. The number of carbonyl (C=O) groups is 1. The van der Waals surface area contributed by atoms with Crippen molar-refractivity contribution in [3.05, 3.63) is 107 Å². The zero-order valence-electron chi connectivity index (χ0n) is 25.1. The van der Waals surface area contributed by atoms with Crippen molar-refractivity contribution in [2.45, 2.75) is 58.3 Å². The summed E-state index contributed by atoms with van der Waals surface area (Å²) in [6, 6.07) is 17.7. The van der Waals surface area contributed by atoms with Crippen LogP contribution in [-0.2, 0) is 16.0 Å². The van der Waals surface area contributed by atoms with Gasteiger partial charge in [-0.25, -0.2) is 0 Å². The van der Waals surface area contributed by atoms with Crippen molar-refractivity contribution in [1.82, 2.24) is 9.80 Å². The Balaban J connectivity index is 1.30. The molecule has 2 fully saturated rings. The number of hydrogen-bond donors (Lipinski definition) is 0. The van der Waals surface area contributed by atoms with Crippen molar-refractivity contribution in [1.29, 1.82) is 5.26 Å². The number of aliphatic imine (C=N–C) groups is 1. The molecule has 3 aliphatic rings. The van der Waals surface area contributed by atoms with Gasteiger partial charge in [-0.05, 0) is 105 Å². The zero-order chi connectivity index (χ0) is 30.0. The fourth-order valence-corrected chi connectivity index (χ4v) is 5.92. The number of hydrogen-bond acceptors (Lipinski definition) is 6. The second-order valence-electron chi connectivity index (χ2n) is 10.9. The predicted octanol–water partition coefficient (Wildman–Crippen LogP) is 7.36. The van der Waals surface area contributed by atoms with Crippen LogP contribution in [0.25, 0.3) is 0 Å². The fraction of sp³-hybridized carbons (Fsp3) is 0.361. The number of allylic oxidation sites excluding steroid dienone is 5. The highest BCUT2D eigenvalue weighted by molar-refractivity contribution is 6.09. The van der Waals surface area contributed by atoms with E-state index in [4.69, 9.17) is 9.47 Å². The molecule has 0 unspecified atom stereocenters. The monoisotopic (exact) mass is 576 g/mol. The minimum absolute atomic E-state index is 0.193. The van der Waals surface area contributed by atoms with Crippen molar-refractivity contribution < 1.29 is 14.3 Å². The van der Waals surface area contributed by atoms with Crippen LogP contribution in [0, 0.1) is 11.3 Å². The molecule has 222 valence electrons. The van der Waals surface area contributed by atoms with Crippen molar-refractivity contribution in [3.63, 3.8) is 0 Å². The van der Waals surface area contributed by atoms with Gasteiger partial charge in [0.2, 0.25) is 0 Å². The number of carbonyl (C=O) groups excluding carboxylic acids is 1. The predicted molar refractivity (Wildman–Crippen MR) is 170 cm³/mol. The first-order chi connectivity index (χ1) is 21.1. The molecule has 5 rings (SSSR count). The Hall–Kier alpha value is -4.57. The first-order valence-electron chi connectivity index (χ1n) is 15.4. The molecule has 1 amide bonds. The first kappa shape index (κ1) is 29.9. The van der Waals surface area contributed by atoms with Gasteiger partial charge in [0.05, 0.1) is 17.9 Å². The molecule has 3 heterocycles. The summed E-state index contributed by atoms with van der Waals surface area (Å²) in [7, 11) is 0. The number of unbranched alkanes of at least 4 members (excludes halogenated alkanes) is 1. The van der Waals surface area contributed by atoms with E-state index in [9.17, 15) is 10.1 Å². The van der Waals surface area contributed by atoms with Crippen LogP contribution in [0.1, 0.15) is 63.0 Å². The maximum absolute atomic E-state index is 13.6. The first-order valence-corrected chi connectivity index (χ1v) is 15.4. The number of aryl methyl sites for hydroxylation is 1. The molecule has 43 heavy (non-hydrogen) atoms. The zero-order valence-corrected chi connectivity index (χ0v) is 25.1. The number of rotatable bonds is 11. The number of amidine groups is 1. The third-order valence-electron chi connectivity index (χ3n) is 8.05. The second kappa shape index (κ2) is 14.6. The standard InChI is InChI=1S/C36H40N4O3/c1-3-28-15-10-23-39-24-11-16-29(34(28)39)14-9-18-33-35(41)40(36(43-33)38-32-17-6-5-13-30(32)26-37)25-8-7-12-27-19-21-31(22-20-27)42-4-2/h3,5-6,13-14,17-22H,1,4,7-12,15-16,23-25H2,2H3/b29-14-,33-18+,38-36-. The van der Waals surface area contributed by atoms with Crippen LogP contribution in [0.4, 0.5) is 5.69 Å². The Morgan fingerprint density at radius 3 is 2.63 bits per heavy atom. The Labute approximate surface area is 255 Å². The van der Waals surface area contributed by atoms with Crippen LogP contribution in [0.2, 0.25) is 0 Å². The highest BCUT2D eigenvalue weighted by Crippen LogP contribution is 2.35. The Morgan fingerprint density at radius 1 is 1.07 bits per heavy atom. The maximum Gasteiger partial charge on any atom is 0.305 e. The van der Waals surface area contributed by atoms with E-state index in [1.807, 2.05) is 37.3 Å². The fourth-order valence-electron chi connectivity index (χ4n) is 5.92. The SMILES string of the molecule is C=CC1=C2/C(=C\C/C=C3/O/C(=N\c4ccccc4C#N)N(CCCCc4ccc(OCC)cc4)C3=O)CCCN2CCC1. The van der Waals surface area contributed by atoms with Gasteiger partial charge in [-0.1, -0.05) is 43.0 Å². The molecule has 0 N–H and O–H groups in total. The van der Waals surface area contributed by atoms with E-state index in [1.165, 1.54) is 22.4 Å². The Kier molecular flexibility index (Phi) is 10.1. The molecule has 7 nitrogen and oxygen atoms in total. The second-order valence-corrected chi connectivity index (χ2v) is 10.9. The average Bonchev–Trinajstić information content (AvgIpc) is 3.33. The summed E-state index contributed by atoms with van der Waals surface area (Å²) in [6.07, 6.45) is 13.6. The van der Waals surface area contributed by atoms with Gasteiger partial charge in [0.1, 0.15) is 11.8 Å². The highest BCUT2D eigenvalue weighted by Gasteiger charge is 2.34. The van der Waals surface area contributed by atoms with Gasteiger partial charge in [0, 0.05) is 25.3 Å². The van der Waals surface area contributed by atoms with Crippen LogP contribution in [0.15, 0.2) is 101 Å². The summed E-state index contributed by atoms with van der Waals surface area (Å²) in [5, 5.41) is 9.57. The number of piperidine rings is 1. The van der Waals surface area contributed by atoms with Crippen LogP contribution in [0.3, 0.4) is 0 Å². The topological polar surface area (TPSA) is 78.2 Å². The van der Waals surface area contributed by atoms with Crippen molar-refractivity contribution in [2.75, 3.05) is 26.2 Å². The van der Waals surface area contributed by atoms with Gasteiger partial charge in [0.15, 0.2) is 5.76 Å². The van der Waals surface area contributed by atoms with Gasteiger partial charge in [-0.3, -0.25) is 9.69 Å². The van der Waals surface area contributed by atoms with E-state index in [0.717, 1.165) is 63.8 Å². The van der Waals surface area contributed by atoms with Gasteiger partial charge in [-0.15, -0.1) is 0 Å². The number of para-hydroxylation sites is 1. The molecule has 0 aromatic heterocycles. The molecule has 3 aliphatic heterocycles. The molecule has 2 saturated heterocycles. The normalized spacial score (nSPS) is 19.5. The highest BCUT2D eigenvalue weighted by atomic mass is 16.5. The molecule has 0 spiro atoms. The van der Waals surface area contributed by atoms with E-state index in [1.54, 1.807) is 23.1 Å². The van der Waals surface area contributed by atoms with Crippen LogP contribution < -0.4 is 4.74 Å². The summed E-state index contributed by atoms with van der Waals surface area (Å²) in [6.45, 7) is 9.33.